The molecule has 0 saturated heterocycles. The number of nitrogens with one attached hydrogen (secondary N) is 1. The highest BCUT2D eigenvalue weighted by Gasteiger charge is 2.20. The second kappa shape index (κ2) is 9.69. The van der Waals surface area contributed by atoms with Gasteiger partial charge in [0.25, 0.3) is 5.91 Å². The summed E-state index contributed by atoms with van der Waals surface area (Å²) < 4.78 is 16.0. The fraction of sp³-hybridized carbons (Fsp3) is 0.208. The predicted molar refractivity (Wildman–Crippen MR) is 119 cm³/mol. The molecule has 1 N–H and O–H groups in total. The van der Waals surface area contributed by atoms with Gasteiger partial charge in [-0.1, -0.05) is 30.3 Å². The molecule has 3 aromatic carbocycles. The number of anilines is 2. The minimum Gasteiger partial charge on any atom is -0.493 e. The van der Waals surface area contributed by atoms with Crippen LogP contribution in [0.1, 0.15) is 15.9 Å². The van der Waals surface area contributed by atoms with Gasteiger partial charge in [0, 0.05) is 25.0 Å². The number of nitrogens with zero attached hydrogens (tertiary/aromatic N) is 1. The van der Waals surface area contributed by atoms with Gasteiger partial charge in [-0.2, -0.15) is 0 Å². The topological polar surface area (TPSA) is 60.0 Å². The molecular formula is C24H26N2O4. The molecule has 0 atom stereocenters. The summed E-state index contributed by atoms with van der Waals surface area (Å²) in [6.07, 6.45) is 0. The Hall–Kier alpha value is -3.67. The normalized spacial score (nSPS) is 10.3. The Morgan fingerprint density at radius 3 is 2.10 bits per heavy atom. The minimum atomic E-state index is -0.293. The van der Waals surface area contributed by atoms with Crippen molar-refractivity contribution in [2.45, 2.75) is 6.54 Å². The van der Waals surface area contributed by atoms with Gasteiger partial charge in [-0.3, -0.25) is 4.79 Å². The molecule has 0 aliphatic carbocycles. The van der Waals surface area contributed by atoms with E-state index in [1.807, 2.05) is 49.5 Å². The molecule has 30 heavy (non-hydrogen) atoms. The smallest absolute Gasteiger partial charge is 0.259 e. The molecule has 6 nitrogen and oxygen atoms in total. The van der Waals surface area contributed by atoms with E-state index in [-0.39, 0.29) is 5.91 Å². The number of methoxy groups -OCH3 is 3. The first-order valence-corrected chi connectivity index (χ1v) is 9.52. The summed E-state index contributed by atoms with van der Waals surface area (Å²) in [6, 6.07) is 21.3. The lowest BCUT2D eigenvalue weighted by Gasteiger charge is -2.20. The Bertz CT molecular complexity index is 988. The third-order valence-corrected chi connectivity index (χ3v) is 4.78. The zero-order valence-corrected chi connectivity index (χ0v) is 17.6. The quantitative estimate of drug-likeness (QED) is 0.592. The maximum absolute atomic E-state index is 12.8. The fourth-order valence-corrected chi connectivity index (χ4v) is 3.23. The number of rotatable bonds is 8. The third kappa shape index (κ3) is 4.66. The highest BCUT2D eigenvalue weighted by Crippen LogP contribution is 2.40. The lowest BCUT2D eigenvalue weighted by Crippen LogP contribution is -2.17. The van der Waals surface area contributed by atoms with E-state index in [9.17, 15) is 4.79 Å². The lowest BCUT2D eigenvalue weighted by molar-refractivity contribution is 0.102. The van der Waals surface area contributed by atoms with Crippen molar-refractivity contribution in [2.24, 2.45) is 0 Å². The number of carbonyl (C=O) groups is 1. The molecule has 0 aliphatic rings. The molecule has 0 aromatic heterocycles. The van der Waals surface area contributed by atoms with Crippen molar-refractivity contribution < 1.29 is 19.0 Å². The van der Waals surface area contributed by atoms with E-state index in [1.165, 1.54) is 26.9 Å². The van der Waals surface area contributed by atoms with Crippen LogP contribution in [0.5, 0.6) is 17.2 Å². The Morgan fingerprint density at radius 1 is 0.833 bits per heavy atom. The van der Waals surface area contributed by atoms with Crippen molar-refractivity contribution in [1.29, 1.82) is 0 Å². The summed E-state index contributed by atoms with van der Waals surface area (Å²) >= 11 is 0. The van der Waals surface area contributed by atoms with Crippen LogP contribution in [0.4, 0.5) is 11.4 Å². The summed E-state index contributed by atoms with van der Waals surface area (Å²) in [5.74, 6) is 0.911. The molecule has 156 valence electrons. The van der Waals surface area contributed by atoms with Crippen LogP contribution in [0.15, 0.2) is 66.7 Å². The molecule has 6 heteroatoms. The highest BCUT2D eigenvalue weighted by molar-refractivity contribution is 6.07. The average Bonchev–Trinajstić information content (AvgIpc) is 2.78. The van der Waals surface area contributed by atoms with Gasteiger partial charge in [0.15, 0.2) is 11.5 Å². The van der Waals surface area contributed by atoms with Crippen molar-refractivity contribution >= 4 is 17.3 Å². The first-order chi connectivity index (χ1) is 14.6. The molecule has 3 rings (SSSR count). The van der Waals surface area contributed by atoms with Crippen LogP contribution in [0, 0.1) is 0 Å². The fourth-order valence-electron chi connectivity index (χ4n) is 3.23. The lowest BCUT2D eigenvalue weighted by atomic mass is 10.1. The van der Waals surface area contributed by atoms with Crippen LogP contribution in [-0.2, 0) is 6.54 Å². The van der Waals surface area contributed by atoms with E-state index < -0.39 is 0 Å². The first kappa shape index (κ1) is 21.0. The van der Waals surface area contributed by atoms with Gasteiger partial charge in [0.1, 0.15) is 0 Å². The van der Waals surface area contributed by atoms with Crippen LogP contribution in [0.25, 0.3) is 0 Å². The zero-order valence-electron chi connectivity index (χ0n) is 17.6. The van der Waals surface area contributed by atoms with Crippen molar-refractivity contribution in [1.82, 2.24) is 0 Å². The monoisotopic (exact) mass is 406 g/mol. The van der Waals surface area contributed by atoms with Gasteiger partial charge in [0.05, 0.1) is 26.9 Å². The molecule has 0 bridgehead atoms. The molecule has 0 radical (unpaired) electrons. The summed E-state index contributed by atoms with van der Waals surface area (Å²) in [4.78, 5) is 15.0. The van der Waals surface area contributed by atoms with E-state index >= 15 is 0 Å². The van der Waals surface area contributed by atoms with Gasteiger partial charge in [-0.15, -0.1) is 0 Å². The second-order valence-electron chi connectivity index (χ2n) is 6.72. The van der Waals surface area contributed by atoms with Gasteiger partial charge in [-0.05, 0) is 42.0 Å². The molecule has 0 heterocycles. The molecule has 1 amide bonds. The average molecular weight is 406 g/mol. The standard InChI is InChI=1S/C24H26N2O4/c1-26(16-17-8-6-5-7-9-17)19-12-10-18(11-13-19)25-24(27)20-14-15-21(28-2)23(30-4)22(20)29-3/h5-15H,16H2,1-4H3,(H,25,27). The number of benzene rings is 3. The van der Waals surface area contributed by atoms with E-state index in [0.717, 1.165) is 12.2 Å². The van der Waals surface area contributed by atoms with E-state index in [0.29, 0.717) is 28.5 Å². The zero-order chi connectivity index (χ0) is 21.5. The number of carbonyl (C=O) groups excluding carboxylic acids is 1. The minimum absolute atomic E-state index is 0.293. The summed E-state index contributed by atoms with van der Waals surface area (Å²) in [5.41, 5.74) is 3.34. The molecular weight excluding hydrogens is 380 g/mol. The van der Waals surface area contributed by atoms with Crippen LogP contribution < -0.4 is 24.4 Å². The molecule has 0 aliphatic heterocycles. The Labute approximate surface area is 177 Å². The molecule has 0 unspecified atom stereocenters. The second-order valence-corrected chi connectivity index (χ2v) is 6.72. The maximum Gasteiger partial charge on any atom is 0.259 e. The Kier molecular flexibility index (Phi) is 6.80. The molecule has 0 fully saturated rings. The summed E-state index contributed by atoms with van der Waals surface area (Å²) in [6.45, 7) is 0.801. The van der Waals surface area contributed by atoms with Crippen molar-refractivity contribution in [2.75, 3.05) is 38.6 Å². The maximum atomic E-state index is 12.8. The Balaban J connectivity index is 1.73. The predicted octanol–water partition coefficient (Wildman–Crippen LogP) is 4.60. The van der Waals surface area contributed by atoms with Crippen LogP contribution in [0.3, 0.4) is 0 Å². The first-order valence-electron chi connectivity index (χ1n) is 9.52. The Morgan fingerprint density at radius 2 is 1.50 bits per heavy atom. The van der Waals surface area contributed by atoms with E-state index in [4.69, 9.17) is 14.2 Å². The molecule has 0 saturated carbocycles. The van der Waals surface area contributed by atoms with Crippen LogP contribution in [0.2, 0.25) is 0 Å². The number of hydrogen-bond donors (Lipinski definition) is 1. The van der Waals surface area contributed by atoms with Gasteiger partial charge in [-0.25, -0.2) is 0 Å². The number of amides is 1. The van der Waals surface area contributed by atoms with Gasteiger partial charge >= 0.3 is 0 Å². The van der Waals surface area contributed by atoms with E-state index in [2.05, 4.69) is 22.3 Å². The van der Waals surface area contributed by atoms with E-state index in [1.54, 1.807) is 12.1 Å². The largest absolute Gasteiger partial charge is 0.493 e. The number of hydrogen-bond acceptors (Lipinski definition) is 5. The van der Waals surface area contributed by atoms with Crippen molar-refractivity contribution in [3.8, 4) is 17.2 Å². The molecule has 0 spiro atoms. The summed E-state index contributed by atoms with van der Waals surface area (Å²) in [7, 11) is 6.57. The molecule has 3 aromatic rings. The summed E-state index contributed by atoms with van der Waals surface area (Å²) in [5, 5.41) is 2.90. The van der Waals surface area contributed by atoms with Crippen LogP contribution in [-0.4, -0.2) is 34.3 Å². The SMILES string of the molecule is COc1ccc(C(=O)Nc2ccc(N(C)Cc3ccccc3)cc2)c(OC)c1OC. The van der Waals surface area contributed by atoms with Crippen molar-refractivity contribution in [3.05, 3.63) is 77.9 Å². The highest BCUT2D eigenvalue weighted by atomic mass is 16.5. The third-order valence-electron chi connectivity index (χ3n) is 4.78. The number of ether oxygens (including phenoxy) is 3. The van der Waals surface area contributed by atoms with Gasteiger partial charge in [0.2, 0.25) is 5.75 Å². The van der Waals surface area contributed by atoms with Crippen LogP contribution >= 0.6 is 0 Å². The van der Waals surface area contributed by atoms with Gasteiger partial charge < -0.3 is 24.4 Å². The van der Waals surface area contributed by atoms with Crippen molar-refractivity contribution in [3.63, 3.8) is 0 Å².